The van der Waals surface area contributed by atoms with Crippen LogP contribution in [0.1, 0.15) is 18.4 Å². The zero-order valence-corrected chi connectivity index (χ0v) is 9.63. The van der Waals surface area contributed by atoms with Gasteiger partial charge in [-0.15, -0.1) is 0 Å². The van der Waals surface area contributed by atoms with Crippen LogP contribution in [-0.4, -0.2) is 13.7 Å². The van der Waals surface area contributed by atoms with E-state index in [1.165, 1.54) is 0 Å². The van der Waals surface area contributed by atoms with Gasteiger partial charge in [0.05, 0.1) is 12.1 Å². The lowest BCUT2D eigenvalue weighted by Crippen LogP contribution is -1.96. The van der Waals surface area contributed by atoms with Crippen LogP contribution in [0.2, 0.25) is 5.02 Å². The molecular weight excluding hydrogens is 210 g/mol. The molecule has 0 fully saturated rings. The topological polar surface area (TPSA) is 35.2 Å². The molecule has 3 heteroatoms. The van der Waals surface area contributed by atoms with Gasteiger partial charge in [0.2, 0.25) is 0 Å². The maximum atomic E-state index is 5.99. The Morgan fingerprint density at radius 2 is 2.27 bits per heavy atom. The lowest BCUT2D eigenvalue weighted by molar-refractivity contribution is 0.415. The molecule has 0 saturated carbocycles. The number of nitrogens with two attached hydrogens (primary N) is 1. The number of rotatable bonds is 5. The fourth-order valence-corrected chi connectivity index (χ4v) is 1.51. The van der Waals surface area contributed by atoms with Crippen LogP contribution in [-0.2, 0) is 0 Å². The van der Waals surface area contributed by atoms with Crippen molar-refractivity contribution in [2.75, 3.05) is 13.7 Å². The lowest BCUT2D eigenvalue weighted by atomic mass is 10.2. The fourth-order valence-electron chi connectivity index (χ4n) is 1.24. The zero-order valence-electron chi connectivity index (χ0n) is 8.87. The van der Waals surface area contributed by atoms with E-state index in [4.69, 9.17) is 22.1 Å². The number of hydrogen-bond acceptors (Lipinski definition) is 2. The zero-order chi connectivity index (χ0) is 11.1. The van der Waals surface area contributed by atoms with Gasteiger partial charge in [0.1, 0.15) is 5.75 Å². The van der Waals surface area contributed by atoms with Gasteiger partial charge in [-0.05, 0) is 37.1 Å². The van der Waals surface area contributed by atoms with E-state index in [0.717, 1.165) is 24.9 Å². The lowest BCUT2D eigenvalue weighted by Gasteiger charge is -2.02. The maximum absolute atomic E-state index is 5.99. The van der Waals surface area contributed by atoms with Gasteiger partial charge in [-0.1, -0.05) is 29.8 Å². The summed E-state index contributed by atoms with van der Waals surface area (Å²) in [5.41, 5.74) is 6.48. The summed E-state index contributed by atoms with van der Waals surface area (Å²) in [4.78, 5) is 0. The minimum Gasteiger partial charge on any atom is -0.495 e. The molecule has 0 aromatic heterocycles. The van der Waals surface area contributed by atoms with Crippen molar-refractivity contribution in [2.24, 2.45) is 5.73 Å². The summed E-state index contributed by atoms with van der Waals surface area (Å²) in [6.45, 7) is 0.730. The molecule has 1 rings (SSSR count). The Labute approximate surface area is 95.7 Å². The Bertz CT molecular complexity index is 336. The van der Waals surface area contributed by atoms with Crippen molar-refractivity contribution in [3.63, 3.8) is 0 Å². The summed E-state index contributed by atoms with van der Waals surface area (Å²) in [5, 5.41) is 0.637. The number of unbranched alkanes of at least 4 members (excludes halogenated alkanes) is 1. The number of methoxy groups -OCH3 is 1. The van der Waals surface area contributed by atoms with Gasteiger partial charge < -0.3 is 10.5 Å². The molecule has 0 unspecified atom stereocenters. The predicted octanol–water partition coefficient (Wildman–Crippen LogP) is 3.10. The molecule has 0 bridgehead atoms. The molecule has 0 saturated heterocycles. The summed E-state index contributed by atoms with van der Waals surface area (Å²) < 4.78 is 5.07. The first kappa shape index (κ1) is 12.1. The molecule has 0 radical (unpaired) electrons. The molecule has 0 atom stereocenters. The predicted molar refractivity (Wildman–Crippen MR) is 65.3 cm³/mol. The molecule has 0 amide bonds. The Hall–Kier alpha value is -0.990. The monoisotopic (exact) mass is 225 g/mol. The van der Waals surface area contributed by atoms with Crippen molar-refractivity contribution in [3.05, 3.63) is 34.9 Å². The molecular formula is C12H16ClNO. The number of ether oxygens (including phenoxy) is 1. The van der Waals surface area contributed by atoms with Crippen LogP contribution in [0.3, 0.4) is 0 Å². The first-order valence-corrected chi connectivity index (χ1v) is 5.36. The smallest absolute Gasteiger partial charge is 0.137 e. The van der Waals surface area contributed by atoms with Crippen molar-refractivity contribution < 1.29 is 4.74 Å². The Morgan fingerprint density at radius 3 is 2.87 bits per heavy atom. The van der Waals surface area contributed by atoms with Gasteiger partial charge in [0.25, 0.3) is 0 Å². The van der Waals surface area contributed by atoms with E-state index in [0.29, 0.717) is 10.8 Å². The second kappa shape index (κ2) is 6.49. The summed E-state index contributed by atoms with van der Waals surface area (Å²) in [6.07, 6.45) is 6.16. The average molecular weight is 226 g/mol. The van der Waals surface area contributed by atoms with Crippen molar-refractivity contribution in [1.82, 2.24) is 0 Å². The summed E-state index contributed by atoms with van der Waals surface area (Å²) in [5.74, 6) is 0.704. The van der Waals surface area contributed by atoms with E-state index >= 15 is 0 Å². The molecule has 0 spiro atoms. The quantitative estimate of drug-likeness (QED) is 0.782. The van der Waals surface area contributed by atoms with Crippen molar-refractivity contribution in [3.8, 4) is 5.75 Å². The first-order chi connectivity index (χ1) is 7.27. The number of halogens is 1. The normalized spacial score (nSPS) is 10.9. The molecule has 1 aromatic carbocycles. The standard InChI is InChI=1S/C12H16ClNO/c1-15-12-7-6-10(9-11(12)13)5-3-2-4-8-14/h3,5-7,9H,2,4,8,14H2,1H3/b5-3+. The molecule has 0 aliphatic heterocycles. The Kier molecular flexibility index (Phi) is 5.22. The Morgan fingerprint density at radius 1 is 1.47 bits per heavy atom. The van der Waals surface area contributed by atoms with Gasteiger partial charge >= 0.3 is 0 Å². The molecule has 0 aliphatic rings. The largest absolute Gasteiger partial charge is 0.495 e. The van der Waals surface area contributed by atoms with Crippen molar-refractivity contribution in [1.29, 1.82) is 0 Å². The maximum Gasteiger partial charge on any atom is 0.137 e. The van der Waals surface area contributed by atoms with Gasteiger partial charge in [-0.25, -0.2) is 0 Å². The highest BCUT2D eigenvalue weighted by Crippen LogP contribution is 2.25. The Balaban J connectivity index is 2.63. The van der Waals surface area contributed by atoms with Crippen molar-refractivity contribution in [2.45, 2.75) is 12.8 Å². The van der Waals surface area contributed by atoms with Crippen LogP contribution in [0.15, 0.2) is 24.3 Å². The molecule has 0 aliphatic carbocycles. The van der Waals surface area contributed by atoms with Gasteiger partial charge in [0.15, 0.2) is 0 Å². The molecule has 1 aromatic rings. The molecule has 2 N–H and O–H groups in total. The third-order valence-corrected chi connectivity index (χ3v) is 2.36. The molecule has 2 nitrogen and oxygen atoms in total. The fraction of sp³-hybridized carbons (Fsp3) is 0.333. The second-order valence-corrected chi connectivity index (χ2v) is 3.63. The summed E-state index contributed by atoms with van der Waals surface area (Å²) >= 11 is 5.99. The highest BCUT2D eigenvalue weighted by atomic mass is 35.5. The number of benzene rings is 1. The van der Waals surface area contributed by atoms with E-state index < -0.39 is 0 Å². The van der Waals surface area contributed by atoms with E-state index in [-0.39, 0.29) is 0 Å². The third-order valence-electron chi connectivity index (χ3n) is 2.06. The highest BCUT2D eigenvalue weighted by molar-refractivity contribution is 6.32. The van der Waals surface area contributed by atoms with E-state index in [1.54, 1.807) is 7.11 Å². The van der Waals surface area contributed by atoms with E-state index in [1.807, 2.05) is 24.3 Å². The first-order valence-electron chi connectivity index (χ1n) is 4.98. The molecule has 0 heterocycles. The minimum atomic E-state index is 0.637. The van der Waals surface area contributed by atoms with Crippen LogP contribution in [0, 0.1) is 0 Å². The molecule has 82 valence electrons. The SMILES string of the molecule is COc1ccc(/C=C/CCCN)cc1Cl. The molecule has 15 heavy (non-hydrogen) atoms. The van der Waals surface area contributed by atoms with Crippen LogP contribution < -0.4 is 10.5 Å². The number of hydrogen-bond donors (Lipinski definition) is 1. The van der Waals surface area contributed by atoms with Crippen LogP contribution in [0.4, 0.5) is 0 Å². The summed E-state index contributed by atoms with van der Waals surface area (Å²) in [7, 11) is 1.61. The van der Waals surface area contributed by atoms with Gasteiger partial charge in [0, 0.05) is 0 Å². The summed E-state index contributed by atoms with van der Waals surface area (Å²) in [6, 6.07) is 5.73. The van der Waals surface area contributed by atoms with E-state index in [2.05, 4.69) is 6.08 Å². The highest BCUT2D eigenvalue weighted by Gasteiger charge is 1.98. The third kappa shape index (κ3) is 3.94. The van der Waals surface area contributed by atoms with Crippen molar-refractivity contribution >= 4 is 17.7 Å². The van der Waals surface area contributed by atoms with Crippen LogP contribution >= 0.6 is 11.6 Å². The number of allylic oxidation sites excluding steroid dienone is 1. The van der Waals surface area contributed by atoms with E-state index in [9.17, 15) is 0 Å². The average Bonchev–Trinajstić information content (AvgIpc) is 2.25. The second-order valence-electron chi connectivity index (χ2n) is 3.23. The van der Waals surface area contributed by atoms with Crippen LogP contribution in [0.5, 0.6) is 5.75 Å². The van der Waals surface area contributed by atoms with Gasteiger partial charge in [-0.3, -0.25) is 0 Å². The minimum absolute atomic E-state index is 0.637. The van der Waals surface area contributed by atoms with Crippen LogP contribution in [0.25, 0.3) is 6.08 Å². The van der Waals surface area contributed by atoms with Gasteiger partial charge in [-0.2, -0.15) is 0 Å².